The van der Waals surface area contributed by atoms with Crippen LogP contribution in [0.4, 0.5) is 10.6 Å². The lowest BCUT2D eigenvalue weighted by atomic mass is 9.87. The van der Waals surface area contributed by atoms with Crippen LogP contribution < -0.4 is 10.6 Å². The van der Waals surface area contributed by atoms with Crippen LogP contribution in [0.1, 0.15) is 25.7 Å². The zero-order valence-corrected chi connectivity index (χ0v) is 15.5. The molecule has 7 heteroatoms. The summed E-state index contributed by atoms with van der Waals surface area (Å²) in [5.41, 5.74) is 0. The third-order valence-electron chi connectivity index (χ3n) is 4.46. The van der Waals surface area contributed by atoms with Gasteiger partial charge in [0.05, 0.1) is 0 Å². The van der Waals surface area contributed by atoms with Gasteiger partial charge in [0.2, 0.25) is 5.91 Å². The number of aromatic nitrogens is 1. The molecule has 2 amide bonds. The molecule has 2 N–H and O–H groups in total. The van der Waals surface area contributed by atoms with Crippen LogP contribution in [0.25, 0.3) is 10.8 Å². The third-order valence-corrected chi connectivity index (χ3v) is 4.95. The monoisotopic (exact) mass is 405 g/mol. The Hall–Kier alpha value is -2.15. The van der Waals surface area contributed by atoms with Crippen LogP contribution in [0.15, 0.2) is 34.9 Å². The molecule has 0 saturated heterocycles. The minimum Gasteiger partial charge on any atom is -0.446 e. The number of alkyl carbamates (subject to hydrolysis) is 1. The van der Waals surface area contributed by atoms with Crippen LogP contribution in [-0.4, -0.2) is 30.1 Å². The Morgan fingerprint density at radius 1 is 1.16 bits per heavy atom. The van der Waals surface area contributed by atoms with Gasteiger partial charge in [-0.1, -0.05) is 22.0 Å². The average Bonchev–Trinajstić information content (AvgIpc) is 2.61. The van der Waals surface area contributed by atoms with Crippen molar-refractivity contribution in [3.05, 3.63) is 34.9 Å². The summed E-state index contributed by atoms with van der Waals surface area (Å²) in [5, 5.41) is 7.39. The van der Waals surface area contributed by atoms with Crippen molar-refractivity contribution in [3.8, 4) is 0 Å². The zero-order valence-electron chi connectivity index (χ0n) is 13.9. The van der Waals surface area contributed by atoms with Crippen LogP contribution in [0, 0.1) is 5.92 Å². The SMILES string of the molecule is CNC(=O)OC1CCC(C(=O)Nc2cc3cc(Br)ccc3cn2)CC1. The number of pyridine rings is 1. The first-order chi connectivity index (χ1) is 12.0. The van der Waals surface area contributed by atoms with Crippen LogP contribution in [0.3, 0.4) is 0 Å². The maximum Gasteiger partial charge on any atom is 0.407 e. The van der Waals surface area contributed by atoms with Gasteiger partial charge in [0.25, 0.3) is 0 Å². The molecule has 25 heavy (non-hydrogen) atoms. The molecule has 1 aromatic heterocycles. The Kier molecular flexibility index (Phi) is 5.53. The Morgan fingerprint density at radius 3 is 2.64 bits per heavy atom. The van der Waals surface area contributed by atoms with Crippen LogP contribution in [-0.2, 0) is 9.53 Å². The number of halogens is 1. The summed E-state index contributed by atoms with van der Waals surface area (Å²) in [6.07, 6.45) is 4.03. The van der Waals surface area contributed by atoms with E-state index in [0.717, 1.165) is 15.2 Å². The zero-order chi connectivity index (χ0) is 17.8. The summed E-state index contributed by atoms with van der Waals surface area (Å²) in [6.45, 7) is 0. The van der Waals surface area contributed by atoms with E-state index in [1.807, 2.05) is 24.3 Å². The van der Waals surface area contributed by atoms with Gasteiger partial charge in [-0.25, -0.2) is 9.78 Å². The molecular formula is C18H20BrN3O3. The summed E-state index contributed by atoms with van der Waals surface area (Å²) in [5.74, 6) is 0.448. The molecule has 0 unspecified atom stereocenters. The van der Waals surface area contributed by atoms with Crippen molar-refractivity contribution >= 4 is 44.5 Å². The number of nitrogens with one attached hydrogen (secondary N) is 2. The number of benzene rings is 1. The molecule has 3 rings (SSSR count). The van der Waals surface area contributed by atoms with Crippen LogP contribution in [0.2, 0.25) is 0 Å². The molecule has 1 saturated carbocycles. The van der Waals surface area contributed by atoms with Crippen molar-refractivity contribution in [1.82, 2.24) is 10.3 Å². The normalized spacial score (nSPS) is 20.1. The lowest BCUT2D eigenvalue weighted by molar-refractivity contribution is -0.121. The Labute approximate surface area is 154 Å². The molecule has 1 fully saturated rings. The lowest BCUT2D eigenvalue weighted by Crippen LogP contribution is -2.33. The molecule has 2 aromatic rings. The number of anilines is 1. The number of carbonyl (C=O) groups excluding carboxylic acids is 2. The van der Waals surface area contributed by atoms with E-state index in [-0.39, 0.29) is 17.9 Å². The number of amides is 2. The number of rotatable bonds is 3. The van der Waals surface area contributed by atoms with E-state index < -0.39 is 6.09 Å². The highest BCUT2D eigenvalue weighted by Crippen LogP contribution is 2.28. The fraction of sp³-hybridized carbons (Fsp3) is 0.389. The first-order valence-electron chi connectivity index (χ1n) is 8.29. The van der Waals surface area contributed by atoms with Gasteiger partial charge in [0, 0.05) is 29.0 Å². The Morgan fingerprint density at radius 2 is 1.92 bits per heavy atom. The van der Waals surface area contributed by atoms with Crippen molar-refractivity contribution in [2.75, 3.05) is 12.4 Å². The first-order valence-corrected chi connectivity index (χ1v) is 9.09. The smallest absolute Gasteiger partial charge is 0.407 e. The molecule has 0 aliphatic heterocycles. The lowest BCUT2D eigenvalue weighted by Gasteiger charge is -2.27. The van der Waals surface area contributed by atoms with Crippen LogP contribution in [0.5, 0.6) is 0 Å². The maximum absolute atomic E-state index is 12.5. The van der Waals surface area contributed by atoms with Crippen molar-refractivity contribution in [3.63, 3.8) is 0 Å². The largest absolute Gasteiger partial charge is 0.446 e. The number of nitrogens with zero attached hydrogens (tertiary/aromatic N) is 1. The number of hydrogen-bond donors (Lipinski definition) is 2. The van der Waals surface area contributed by atoms with Crippen molar-refractivity contribution in [1.29, 1.82) is 0 Å². The quantitative estimate of drug-likeness (QED) is 0.812. The highest BCUT2D eigenvalue weighted by molar-refractivity contribution is 9.10. The number of carbonyl (C=O) groups is 2. The second-order valence-corrected chi connectivity index (χ2v) is 7.09. The molecule has 6 nitrogen and oxygen atoms in total. The molecule has 0 spiro atoms. The van der Waals surface area contributed by atoms with Crippen molar-refractivity contribution in [2.45, 2.75) is 31.8 Å². The second-order valence-electron chi connectivity index (χ2n) is 6.18. The van der Waals surface area contributed by atoms with Gasteiger partial charge in [0.1, 0.15) is 11.9 Å². The Bertz CT molecular complexity index is 788. The van der Waals surface area contributed by atoms with E-state index in [0.29, 0.717) is 31.5 Å². The number of fused-ring (bicyclic) bond motifs is 1. The van der Waals surface area contributed by atoms with E-state index in [1.54, 1.807) is 6.20 Å². The molecule has 0 atom stereocenters. The predicted molar refractivity (Wildman–Crippen MR) is 99.4 cm³/mol. The van der Waals surface area contributed by atoms with Crippen LogP contribution >= 0.6 is 15.9 Å². The van der Waals surface area contributed by atoms with Gasteiger partial charge in [-0.3, -0.25) is 4.79 Å². The van der Waals surface area contributed by atoms with Crippen molar-refractivity contribution < 1.29 is 14.3 Å². The number of hydrogen-bond acceptors (Lipinski definition) is 4. The topological polar surface area (TPSA) is 80.3 Å². The van der Waals surface area contributed by atoms with Gasteiger partial charge in [-0.05, 0) is 49.3 Å². The molecular weight excluding hydrogens is 386 g/mol. The fourth-order valence-electron chi connectivity index (χ4n) is 3.06. The average molecular weight is 406 g/mol. The van der Waals surface area contributed by atoms with Gasteiger partial charge >= 0.3 is 6.09 Å². The summed E-state index contributed by atoms with van der Waals surface area (Å²) in [4.78, 5) is 28.0. The summed E-state index contributed by atoms with van der Waals surface area (Å²) >= 11 is 3.45. The first kappa shape index (κ1) is 17.7. The molecule has 1 heterocycles. The number of ether oxygens (including phenoxy) is 1. The molecule has 0 radical (unpaired) electrons. The summed E-state index contributed by atoms with van der Waals surface area (Å²) in [7, 11) is 1.54. The molecule has 1 aromatic carbocycles. The fourth-order valence-corrected chi connectivity index (χ4v) is 3.44. The van der Waals surface area contributed by atoms with Crippen molar-refractivity contribution in [2.24, 2.45) is 5.92 Å². The van der Waals surface area contributed by atoms with Gasteiger partial charge in [-0.15, -0.1) is 0 Å². The third kappa shape index (κ3) is 4.48. The van der Waals surface area contributed by atoms with Gasteiger partial charge in [0.15, 0.2) is 0 Å². The maximum atomic E-state index is 12.5. The second kappa shape index (κ2) is 7.82. The molecule has 1 aliphatic carbocycles. The van der Waals surface area contributed by atoms with E-state index in [1.165, 1.54) is 7.05 Å². The highest BCUT2D eigenvalue weighted by Gasteiger charge is 2.28. The highest BCUT2D eigenvalue weighted by atomic mass is 79.9. The van der Waals surface area contributed by atoms with Gasteiger partial charge in [-0.2, -0.15) is 0 Å². The van der Waals surface area contributed by atoms with E-state index in [9.17, 15) is 9.59 Å². The van der Waals surface area contributed by atoms with E-state index in [2.05, 4.69) is 31.5 Å². The Balaban J connectivity index is 1.58. The van der Waals surface area contributed by atoms with E-state index in [4.69, 9.17) is 4.74 Å². The predicted octanol–water partition coefficient (Wildman–Crippen LogP) is 3.85. The standard InChI is InChI=1S/C18H20BrN3O3/c1-20-18(24)25-15-6-3-11(4-7-15)17(23)22-16-9-13-8-14(19)5-2-12(13)10-21-16/h2,5,8-11,15H,3-4,6-7H2,1H3,(H,20,24)(H,21,22,23). The molecule has 0 bridgehead atoms. The summed E-state index contributed by atoms with van der Waals surface area (Å²) < 4.78 is 6.23. The summed E-state index contributed by atoms with van der Waals surface area (Å²) in [6, 6.07) is 7.81. The minimum absolute atomic E-state index is 0.0276. The van der Waals surface area contributed by atoms with Gasteiger partial charge < -0.3 is 15.4 Å². The van der Waals surface area contributed by atoms with E-state index >= 15 is 0 Å². The minimum atomic E-state index is -0.417. The molecule has 132 valence electrons. The molecule has 1 aliphatic rings.